The molecule has 5 nitrogen and oxygen atoms in total. The molecule has 1 aliphatic heterocycles. The van der Waals surface area contributed by atoms with E-state index >= 15 is 0 Å². The van der Waals surface area contributed by atoms with Gasteiger partial charge in [-0.3, -0.25) is 0 Å². The monoisotopic (exact) mass is 262 g/mol. The minimum Gasteiger partial charge on any atom is -0.360 e. The number of thioether (sulfide) groups is 1. The second-order valence-corrected chi connectivity index (χ2v) is 6.77. The van der Waals surface area contributed by atoms with Gasteiger partial charge in [0.2, 0.25) is 10.0 Å². The molecule has 7 heteroatoms. The van der Waals surface area contributed by atoms with E-state index in [-0.39, 0.29) is 4.90 Å². The summed E-state index contributed by atoms with van der Waals surface area (Å²) in [5, 5.41) is 3.69. The predicted octanol–water partition coefficient (Wildman–Crippen LogP) is 1.03. The molecule has 0 bridgehead atoms. The highest BCUT2D eigenvalue weighted by molar-refractivity contribution is 7.99. The van der Waals surface area contributed by atoms with Gasteiger partial charge < -0.3 is 4.52 Å². The Morgan fingerprint density at radius 1 is 1.31 bits per heavy atom. The van der Waals surface area contributed by atoms with Crippen LogP contribution in [0.25, 0.3) is 0 Å². The summed E-state index contributed by atoms with van der Waals surface area (Å²) in [6, 6.07) is 0. The molecule has 0 N–H and O–H groups in total. The van der Waals surface area contributed by atoms with Crippen LogP contribution in [-0.2, 0) is 10.0 Å². The van der Waals surface area contributed by atoms with E-state index in [0.29, 0.717) is 24.5 Å². The molecule has 2 rings (SSSR count). The van der Waals surface area contributed by atoms with Crippen LogP contribution in [0.15, 0.2) is 9.42 Å². The zero-order valence-corrected chi connectivity index (χ0v) is 10.9. The molecule has 1 aliphatic rings. The van der Waals surface area contributed by atoms with Crippen LogP contribution in [0.2, 0.25) is 0 Å². The standard InChI is InChI=1S/C9H14N2O3S2/c1-7-9(8(2)14-10-7)16(12,13)11-3-5-15-6-4-11/h3-6H2,1-2H3. The van der Waals surface area contributed by atoms with Crippen molar-refractivity contribution in [2.75, 3.05) is 24.6 Å². The fourth-order valence-corrected chi connectivity index (χ4v) is 4.63. The summed E-state index contributed by atoms with van der Waals surface area (Å²) < 4.78 is 31.0. The van der Waals surface area contributed by atoms with E-state index < -0.39 is 10.0 Å². The Kier molecular flexibility index (Phi) is 3.27. The topological polar surface area (TPSA) is 63.4 Å². The van der Waals surface area contributed by atoms with Gasteiger partial charge in [-0.1, -0.05) is 5.16 Å². The van der Waals surface area contributed by atoms with Gasteiger partial charge in [0, 0.05) is 24.6 Å². The van der Waals surface area contributed by atoms with Crippen molar-refractivity contribution < 1.29 is 12.9 Å². The number of aryl methyl sites for hydroxylation is 2. The summed E-state index contributed by atoms with van der Waals surface area (Å²) in [7, 11) is -3.42. The smallest absolute Gasteiger partial charge is 0.248 e. The Morgan fingerprint density at radius 3 is 2.44 bits per heavy atom. The lowest BCUT2D eigenvalue weighted by molar-refractivity contribution is 0.389. The first-order valence-corrected chi connectivity index (χ1v) is 7.63. The Hall–Kier alpha value is -0.530. The van der Waals surface area contributed by atoms with Crippen LogP contribution in [-0.4, -0.2) is 42.5 Å². The number of rotatable bonds is 2. The van der Waals surface area contributed by atoms with Crippen molar-refractivity contribution in [1.29, 1.82) is 0 Å². The van der Waals surface area contributed by atoms with Crippen LogP contribution in [0.3, 0.4) is 0 Å². The van der Waals surface area contributed by atoms with Crippen LogP contribution in [0, 0.1) is 13.8 Å². The largest absolute Gasteiger partial charge is 0.360 e. The van der Waals surface area contributed by atoms with Crippen LogP contribution < -0.4 is 0 Å². The van der Waals surface area contributed by atoms with Crippen LogP contribution >= 0.6 is 11.8 Å². The third-order valence-corrected chi connectivity index (χ3v) is 5.62. The summed E-state index contributed by atoms with van der Waals surface area (Å²) in [5.41, 5.74) is 0.440. The summed E-state index contributed by atoms with van der Waals surface area (Å²) in [6.45, 7) is 4.42. The average Bonchev–Trinajstić information content (AvgIpc) is 2.60. The molecule has 0 aliphatic carbocycles. The van der Waals surface area contributed by atoms with Gasteiger partial charge in [0.1, 0.15) is 10.6 Å². The summed E-state index contributed by atoms with van der Waals surface area (Å²) in [6.07, 6.45) is 0. The molecule has 2 heterocycles. The number of hydrogen-bond donors (Lipinski definition) is 0. The summed E-state index contributed by atoms with van der Waals surface area (Å²) in [4.78, 5) is 0.236. The first kappa shape index (κ1) is 11.9. The van der Waals surface area contributed by atoms with Crippen molar-refractivity contribution in [3.8, 4) is 0 Å². The molecule has 1 saturated heterocycles. The Bertz CT molecular complexity index is 455. The lowest BCUT2D eigenvalue weighted by atomic mass is 10.4. The number of hydrogen-bond acceptors (Lipinski definition) is 5. The van der Waals surface area contributed by atoms with E-state index in [1.807, 2.05) is 0 Å². The Labute approximate surface area is 99.2 Å². The molecule has 0 amide bonds. The van der Waals surface area contributed by atoms with Crippen molar-refractivity contribution in [2.24, 2.45) is 0 Å². The van der Waals surface area contributed by atoms with Gasteiger partial charge in [0.25, 0.3) is 0 Å². The quantitative estimate of drug-likeness (QED) is 0.796. The second kappa shape index (κ2) is 4.38. The first-order valence-electron chi connectivity index (χ1n) is 5.04. The first-order chi connectivity index (χ1) is 7.53. The maximum Gasteiger partial charge on any atom is 0.248 e. The minimum atomic E-state index is -3.42. The predicted molar refractivity (Wildman–Crippen MR) is 62.1 cm³/mol. The summed E-state index contributed by atoms with van der Waals surface area (Å²) in [5.74, 6) is 2.07. The zero-order chi connectivity index (χ0) is 11.8. The van der Waals surface area contributed by atoms with E-state index in [1.165, 1.54) is 4.31 Å². The maximum atomic E-state index is 12.3. The zero-order valence-electron chi connectivity index (χ0n) is 9.26. The van der Waals surface area contributed by atoms with Gasteiger partial charge in [-0.15, -0.1) is 0 Å². The van der Waals surface area contributed by atoms with Crippen molar-refractivity contribution in [1.82, 2.24) is 9.46 Å². The molecule has 1 aromatic heterocycles. The van der Waals surface area contributed by atoms with Crippen LogP contribution in [0.4, 0.5) is 0 Å². The Morgan fingerprint density at radius 2 is 1.94 bits per heavy atom. The molecular formula is C9H14N2O3S2. The van der Waals surface area contributed by atoms with Crippen molar-refractivity contribution in [3.05, 3.63) is 11.5 Å². The van der Waals surface area contributed by atoms with Gasteiger partial charge in [-0.05, 0) is 13.8 Å². The molecule has 0 saturated carbocycles. The lowest BCUT2D eigenvalue weighted by Gasteiger charge is -2.25. The third kappa shape index (κ3) is 1.99. The van der Waals surface area contributed by atoms with Gasteiger partial charge in [-0.2, -0.15) is 16.1 Å². The number of nitrogens with zero attached hydrogens (tertiary/aromatic N) is 2. The van der Waals surface area contributed by atoms with Crippen LogP contribution in [0.1, 0.15) is 11.5 Å². The normalized spacial score (nSPS) is 18.9. The average molecular weight is 262 g/mol. The Balaban J connectivity index is 2.38. The highest BCUT2D eigenvalue weighted by Gasteiger charge is 2.31. The second-order valence-electron chi connectivity index (χ2n) is 3.67. The maximum absolute atomic E-state index is 12.3. The highest BCUT2D eigenvalue weighted by atomic mass is 32.2. The number of sulfonamides is 1. The van der Waals surface area contributed by atoms with E-state index in [9.17, 15) is 8.42 Å². The van der Waals surface area contributed by atoms with Crippen molar-refractivity contribution in [3.63, 3.8) is 0 Å². The van der Waals surface area contributed by atoms with Crippen molar-refractivity contribution in [2.45, 2.75) is 18.7 Å². The molecule has 0 aromatic carbocycles. The van der Waals surface area contributed by atoms with E-state index in [4.69, 9.17) is 4.52 Å². The van der Waals surface area contributed by atoms with E-state index in [0.717, 1.165) is 11.5 Å². The summed E-state index contributed by atoms with van der Waals surface area (Å²) >= 11 is 1.78. The molecule has 1 fully saturated rings. The lowest BCUT2D eigenvalue weighted by Crippen LogP contribution is -2.38. The molecule has 0 radical (unpaired) electrons. The highest BCUT2D eigenvalue weighted by Crippen LogP contribution is 2.25. The fourth-order valence-electron chi connectivity index (χ4n) is 1.76. The number of aromatic nitrogens is 1. The fraction of sp³-hybridized carbons (Fsp3) is 0.667. The van der Waals surface area contributed by atoms with Crippen molar-refractivity contribution >= 4 is 21.8 Å². The van der Waals surface area contributed by atoms with E-state index in [2.05, 4.69) is 5.16 Å². The molecule has 0 atom stereocenters. The molecule has 0 spiro atoms. The van der Waals surface area contributed by atoms with Gasteiger partial charge in [-0.25, -0.2) is 8.42 Å². The van der Waals surface area contributed by atoms with E-state index in [1.54, 1.807) is 25.6 Å². The van der Waals surface area contributed by atoms with Gasteiger partial charge in [0.05, 0.1) is 0 Å². The third-order valence-electron chi connectivity index (χ3n) is 2.54. The molecule has 0 unspecified atom stereocenters. The molecule has 16 heavy (non-hydrogen) atoms. The van der Waals surface area contributed by atoms with Crippen LogP contribution in [0.5, 0.6) is 0 Å². The minimum absolute atomic E-state index is 0.236. The molecule has 1 aromatic rings. The SMILES string of the molecule is Cc1noc(C)c1S(=O)(=O)N1CCSCC1. The van der Waals surface area contributed by atoms with Gasteiger partial charge >= 0.3 is 0 Å². The molecular weight excluding hydrogens is 248 g/mol. The van der Waals surface area contributed by atoms with Gasteiger partial charge in [0.15, 0.2) is 5.76 Å². The molecule has 90 valence electrons.